The fourth-order valence-corrected chi connectivity index (χ4v) is 7.28. The monoisotopic (exact) mass is 798 g/mol. The van der Waals surface area contributed by atoms with E-state index in [0.29, 0.717) is 35.8 Å². The van der Waals surface area contributed by atoms with Crippen LogP contribution in [-0.4, -0.2) is 64.1 Å². The predicted octanol–water partition coefficient (Wildman–Crippen LogP) is 8.63. The first-order chi connectivity index (χ1) is 28.7. The summed E-state index contributed by atoms with van der Waals surface area (Å²) >= 11 is 0. The Morgan fingerprint density at radius 1 is 0.525 bits per heavy atom. The normalized spacial score (nSPS) is 16.8. The van der Waals surface area contributed by atoms with Crippen LogP contribution >= 0.6 is 0 Å². The second kappa shape index (κ2) is 20.6. The van der Waals surface area contributed by atoms with Crippen molar-refractivity contribution in [2.24, 2.45) is 11.8 Å². The van der Waals surface area contributed by atoms with Gasteiger partial charge in [0.05, 0.1) is 23.9 Å². The highest BCUT2D eigenvalue weighted by molar-refractivity contribution is 5.88. The van der Waals surface area contributed by atoms with Gasteiger partial charge < -0.3 is 39.8 Å². The van der Waals surface area contributed by atoms with Gasteiger partial charge in [-0.25, -0.2) is 9.59 Å². The van der Waals surface area contributed by atoms with Crippen LogP contribution in [0.4, 0.5) is 9.59 Å². The van der Waals surface area contributed by atoms with Crippen LogP contribution in [0, 0.1) is 11.8 Å². The lowest BCUT2D eigenvalue weighted by molar-refractivity contribution is -0.180. The lowest BCUT2D eigenvalue weighted by atomic mass is 9.63. The van der Waals surface area contributed by atoms with Gasteiger partial charge in [-0.2, -0.15) is 0 Å². The van der Waals surface area contributed by atoms with Crippen molar-refractivity contribution in [3.63, 3.8) is 0 Å². The quantitative estimate of drug-likeness (QED) is 0.0747. The lowest BCUT2D eigenvalue weighted by Gasteiger charge is -2.56. The minimum atomic E-state index is -1.33. The van der Waals surface area contributed by atoms with E-state index in [2.05, 4.69) is 10.6 Å². The Labute approximate surface area is 344 Å². The van der Waals surface area contributed by atoms with Gasteiger partial charge in [0.2, 0.25) is 0 Å². The van der Waals surface area contributed by atoms with Crippen LogP contribution in [0.3, 0.4) is 0 Å². The number of carbonyl (C=O) groups is 4. The first-order valence-electron chi connectivity index (χ1n) is 19.9. The van der Waals surface area contributed by atoms with Crippen LogP contribution in [0.25, 0.3) is 0 Å². The van der Waals surface area contributed by atoms with Crippen LogP contribution in [0.2, 0.25) is 0 Å². The highest BCUT2D eigenvalue weighted by Gasteiger charge is 2.64. The summed E-state index contributed by atoms with van der Waals surface area (Å²) in [6.07, 6.45) is 1.01. The summed E-state index contributed by atoms with van der Waals surface area (Å²) in [6, 6.07) is 39.4. The first kappa shape index (κ1) is 41.8. The van der Waals surface area contributed by atoms with E-state index in [4.69, 9.17) is 14.2 Å². The van der Waals surface area contributed by atoms with Crippen LogP contribution < -0.4 is 20.1 Å². The smallest absolute Gasteiger partial charge is 0.318 e. The van der Waals surface area contributed by atoms with Gasteiger partial charge in [-0.1, -0.05) is 105 Å². The van der Waals surface area contributed by atoms with Gasteiger partial charge in [-0.15, -0.1) is 0 Å². The fraction of sp³-hybridized carbons (Fsp3) is 0.277. The molecule has 1 aliphatic carbocycles. The molecule has 6 rings (SSSR count). The molecule has 12 nitrogen and oxygen atoms in total. The number of carbonyl (C=O) groups excluding carboxylic acids is 3. The first-order valence-corrected chi connectivity index (χ1v) is 19.9. The molecule has 3 N–H and O–H groups in total. The van der Waals surface area contributed by atoms with E-state index in [0.717, 1.165) is 16.7 Å². The molecule has 0 heterocycles. The van der Waals surface area contributed by atoms with E-state index >= 15 is 0 Å². The SMILES string of the molecule is CCCN(C(=O)NCc1ccc(Oc2ccccc2)cc1)C1C(C(=O)O)C(C(=O)OCc2ccccc2)C1N(CCC)C(=O)NCc1ccc(Oc2ccccc2)cc1. The standard InChI is InChI=1S/C47H50N4O8/c1-3-28-50(46(55)48-30-33-20-24-38(25-21-33)58-36-16-10-6-11-17-36)42-40(44(52)53)41(45(54)57-32-35-14-8-5-9-15-35)43(42)51(29-4-2)47(56)49-31-34-22-26-39(27-23-34)59-37-18-12-7-13-19-37/h5-27,40-43H,3-4,28-32H2,1-2H3,(H,48,55)(H,49,56)(H,52,53). The van der Waals surface area contributed by atoms with Crippen molar-refractivity contribution < 1.29 is 38.5 Å². The number of hydrogen-bond acceptors (Lipinski definition) is 7. The molecule has 1 saturated carbocycles. The molecule has 4 atom stereocenters. The number of amides is 4. The summed E-state index contributed by atoms with van der Waals surface area (Å²) in [5.74, 6) is -1.92. The average molecular weight is 799 g/mol. The summed E-state index contributed by atoms with van der Waals surface area (Å²) in [5, 5.41) is 16.6. The summed E-state index contributed by atoms with van der Waals surface area (Å²) in [4.78, 5) is 58.3. The number of nitrogens with zero attached hydrogens (tertiary/aromatic N) is 2. The number of carboxylic acid groups (broad SMARTS) is 1. The summed E-state index contributed by atoms with van der Waals surface area (Å²) in [5.41, 5.74) is 2.33. The molecule has 0 bridgehead atoms. The van der Waals surface area contributed by atoms with Crippen molar-refractivity contribution in [2.75, 3.05) is 13.1 Å². The minimum Gasteiger partial charge on any atom is -0.481 e. The molecule has 1 fully saturated rings. The zero-order chi connectivity index (χ0) is 41.6. The highest BCUT2D eigenvalue weighted by Crippen LogP contribution is 2.44. The van der Waals surface area contributed by atoms with Gasteiger partial charge >= 0.3 is 24.0 Å². The molecule has 0 aliphatic heterocycles. The Balaban J connectivity index is 1.21. The van der Waals surface area contributed by atoms with Crippen molar-refractivity contribution in [1.82, 2.24) is 20.4 Å². The Hall–Kier alpha value is -6.82. The topological polar surface area (TPSA) is 147 Å². The highest BCUT2D eigenvalue weighted by atomic mass is 16.5. The number of rotatable bonds is 18. The van der Waals surface area contributed by atoms with Crippen molar-refractivity contribution in [3.05, 3.63) is 156 Å². The number of para-hydroxylation sites is 2. The van der Waals surface area contributed by atoms with Gasteiger partial charge in [-0.3, -0.25) is 9.59 Å². The van der Waals surface area contributed by atoms with Crippen molar-refractivity contribution >= 4 is 24.0 Å². The van der Waals surface area contributed by atoms with E-state index in [9.17, 15) is 24.3 Å². The largest absolute Gasteiger partial charge is 0.481 e. The van der Waals surface area contributed by atoms with Crippen LogP contribution in [0.5, 0.6) is 23.0 Å². The molecule has 5 aromatic rings. The second-order valence-corrected chi connectivity index (χ2v) is 14.3. The van der Waals surface area contributed by atoms with Gasteiger partial charge in [0.25, 0.3) is 0 Å². The Morgan fingerprint density at radius 2 is 0.915 bits per heavy atom. The number of benzene rings is 5. The van der Waals surface area contributed by atoms with E-state index in [1.165, 1.54) is 9.80 Å². The van der Waals surface area contributed by atoms with E-state index in [1.807, 2.05) is 129 Å². The van der Waals surface area contributed by atoms with Crippen LogP contribution in [-0.2, 0) is 34.0 Å². The zero-order valence-electron chi connectivity index (χ0n) is 33.2. The molecular weight excluding hydrogens is 749 g/mol. The number of carboxylic acids is 1. The molecule has 4 unspecified atom stereocenters. The fourth-order valence-electron chi connectivity index (χ4n) is 7.28. The molecule has 59 heavy (non-hydrogen) atoms. The molecule has 4 amide bonds. The summed E-state index contributed by atoms with van der Waals surface area (Å²) in [7, 11) is 0. The minimum absolute atomic E-state index is 0.0712. The third-order valence-corrected chi connectivity index (χ3v) is 10.1. The predicted molar refractivity (Wildman–Crippen MR) is 223 cm³/mol. The number of hydrogen-bond donors (Lipinski definition) is 3. The number of urea groups is 2. The van der Waals surface area contributed by atoms with Crippen molar-refractivity contribution in [2.45, 2.75) is 58.5 Å². The van der Waals surface area contributed by atoms with E-state index in [-0.39, 0.29) is 32.8 Å². The number of ether oxygens (including phenoxy) is 3. The molecule has 0 radical (unpaired) electrons. The van der Waals surface area contributed by atoms with Gasteiger partial charge in [-0.05, 0) is 78.1 Å². The summed E-state index contributed by atoms with van der Waals surface area (Å²) < 4.78 is 17.5. The Kier molecular flexibility index (Phi) is 14.6. The average Bonchev–Trinajstić information content (AvgIpc) is 3.25. The van der Waals surface area contributed by atoms with E-state index in [1.54, 1.807) is 24.3 Å². The molecule has 12 heteroatoms. The molecule has 0 saturated heterocycles. The van der Waals surface area contributed by atoms with Crippen LogP contribution in [0.1, 0.15) is 43.4 Å². The number of aliphatic carboxylic acids is 1. The number of nitrogens with one attached hydrogen (secondary N) is 2. The molecule has 0 aromatic heterocycles. The van der Waals surface area contributed by atoms with E-state index < -0.39 is 47.9 Å². The lowest BCUT2D eigenvalue weighted by Crippen LogP contribution is -2.75. The molecule has 0 spiro atoms. The Bertz CT molecular complexity index is 2120. The maximum Gasteiger partial charge on any atom is 0.318 e. The third kappa shape index (κ3) is 11.0. The van der Waals surface area contributed by atoms with Gasteiger partial charge in [0, 0.05) is 26.2 Å². The van der Waals surface area contributed by atoms with Crippen LogP contribution in [0.15, 0.2) is 140 Å². The van der Waals surface area contributed by atoms with Gasteiger partial charge in [0.1, 0.15) is 29.6 Å². The second-order valence-electron chi connectivity index (χ2n) is 14.3. The maximum atomic E-state index is 14.2. The Morgan fingerprint density at radius 3 is 1.32 bits per heavy atom. The van der Waals surface area contributed by atoms with Gasteiger partial charge in [0.15, 0.2) is 0 Å². The third-order valence-electron chi connectivity index (χ3n) is 10.1. The van der Waals surface area contributed by atoms with Crippen molar-refractivity contribution in [1.29, 1.82) is 0 Å². The number of esters is 1. The molecule has 1 aliphatic rings. The summed E-state index contributed by atoms with van der Waals surface area (Å²) in [6.45, 7) is 4.39. The zero-order valence-corrected chi connectivity index (χ0v) is 33.2. The molecule has 5 aromatic carbocycles. The maximum absolute atomic E-state index is 14.2. The molecule has 306 valence electrons. The van der Waals surface area contributed by atoms with Crippen molar-refractivity contribution in [3.8, 4) is 23.0 Å². The molecular formula is C47H50N4O8.